The van der Waals surface area contributed by atoms with Gasteiger partial charge >= 0.3 is 0 Å². The Morgan fingerprint density at radius 1 is 1.62 bits per heavy atom. The third-order valence-electron chi connectivity index (χ3n) is 2.61. The summed E-state index contributed by atoms with van der Waals surface area (Å²) in [6, 6.07) is 0.757. The van der Waals surface area contributed by atoms with Crippen molar-refractivity contribution in [2.24, 2.45) is 0 Å². The van der Waals surface area contributed by atoms with E-state index in [2.05, 4.69) is 43.0 Å². The zero-order chi connectivity index (χ0) is 8.84. The Balaban J connectivity index is 1.87. The second-order valence-electron chi connectivity index (χ2n) is 3.45. The van der Waals surface area contributed by atoms with Crippen LogP contribution in [-0.2, 0) is 0 Å². The van der Waals surface area contributed by atoms with Gasteiger partial charge in [0.25, 0.3) is 0 Å². The van der Waals surface area contributed by atoms with Gasteiger partial charge in [-0.3, -0.25) is 0 Å². The number of hydrogen-bond donors (Lipinski definition) is 0. The van der Waals surface area contributed by atoms with E-state index < -0.39 is 0 Å². The monoisotopic (exact) mass is 276 g/mol. The first-order chi connectivity index (χ1) is 6.33. The quantitative estimate of drug-likeness (QED) is 0.785. The van der Waals surface area contributed by atoms with Crippen molar-refractivity contribution in [3.8, 4) is 0 Å². The van der Waals surface area contributed by atoms with Crippen LogP contribution in [0.25, 0.3) is 0 Å². The summed E-state index contributed by atoms with van der Waals surface area (Å²) in [6.45, 7) is 1.20. The number of halogens is 1. The maximum atomic E-state index is 4.46. The average molecular weight is 277 g/mol. The molecule has 70 valence electrons. The molecule has 5 heteroatoms. The zero-order valence-electron chi connectivity index (χ0n) is 6.94. The molecular weight excluding hydrogens is 268 g/mol. The van der Waals surface area contributed by atoms with Crippen LogP contribution in [0.15, 0.2) is 9.98 Å². The molecule has 2 nitrogen and oxygen atoms in total. The number of nitrogens with zero attached hydrogens (tertiary/aromatic N) is 2. The smallest absolute Gasteiger partial charge is 0.186 e. The molecular formula is C8H9BrN2S2. The van der Waals surface area contributed by atoms with Gasteiger partial charge in [0, 0.05) is 29.0 Å². The molecule has 0 spiro atoms. The molecule has 2 unspecified atom stereocenters. The summed E-state index contributed by atoms with van der Waals surface area (Å²) in [5, 5.41) is 4.13. The predicted octanol–water partition coefficient (Wildman–Crippen LogP) is 2.60. The van der Waals surface area contributed by atoms with E-state index in [1.165, 1.54) is 23.8 Å². The van der Waals surface area contributed by atoms with Gasteiger partial charge in [0.05, 0.1) is 0 Å². The van der Waals surface area contributed by atoms with Crippen LogP contribution in [-0.4, -0.2) is 28.6 Å². The van der Waals surface area contributed by atoms with Gasteiger partial charge in [-0.05, 0) is 22.4 Å². The van der Waals surface area contributed by atoms with E-state index in [4.69, 9.17) is 0 Å². The minimum absolute atomic E-state index is 0.757. The molecule has 0 aliphatic carbocycles. The van der Waals surface area contributed by atoms with Gasteiger partial charge in [0.15, 0.2) is 5.13 Å². The van der Waals surface area contributed by atoms with Crippen LogP contribution >= 0.6 is 39.0 Å². The van der Waals surface area contributed by atoms with E-state index in [-0.39, 0.29) is 0 Å². The van der Waals surface area contributed by atoms with E-state index in [1.807, 2.05) is 0 Å². The molecule has 0 saturated carbocycles. The number of hydrogen-bond acceptors (Lipinski definition) is 4. The maximum Gasteiger partial charge on any atom is 0.186 e. The predicted molar refractivity (Wildman–Crippen MR) is 61.8 cm³/mol. The van der Waals surface area contributed by atoms with E-state index in [0.29, 0.717) is 0 Å². The summed E-state index contributed by atoms with van der Waals surface area (Å²) in [5.41, 5.74) is 0. The molecule has 3 rings (SSSR count). The van der Waals surface area contributed by atoms with Crippen LogP contribution in [0.1, 0.15) is 6.42 Å². The minimum atomic E-state index is 0.757. The lowest BCUT2D eigenvalue weighted by Gasteiger charge is -2.25. The van der Waals surface area contributed by atoms with Gasteiger partial charge in [-0.2, -0.15) is 11.8 Å². The Bertz CT molecular complexity index is 328. The highest BCUT2D eigenvalue weighted by atomic mass is 79.9. The molecule has 2 aliphatic rings. The molecule has 2 atom stereocenters. The zero-order valence-corrected chi connectivity index (χ0v) is 10.2. The molecule has 3 heterocycles. The van der Waals surface area contributed by atoms with Crippen molar-refractivity contribution in [2.45, 2.75) is 17.7 Å². The molecule has 0 N–H and O–H groups in total. The van der Waals surface area contributed by atoms with E-state index in [0.717, 1.165) is 15.9 Å². The molecule has 2 bridgehead atoms. The Morgan fingerprint density at radius 3 is 3.08 bits per heavy atom. The van der Waals surface area contributed by atoms with Gasteiger partial charge in [0.2, 0.25) is 0 Å². The fourth-order valence-corrected chi connectivity index (χ4v) is 4.78. The van der Waals surface area contributed by atoms with Gasteiger partial charge in [-0.15, -0.1) is 11.3 Å². The molecule has 2 fully saturated rings. The number of aromatic nitrogens is 1. The van der Waals surface area contributed by atoms with E-state index in [9.17, 15) is 0 Å². The van der Waals surface area contributed by atoms with Crippen molar-refractivity contribution >= 4 is 44.2 Å². The van der Waals surface area contributed by atoms with Gasteiger partial charge in [0.1, 0.15) is 4.60 Å². The van der Waals surface area contributed by atoms with Crippen LogP contribution in [0.2, 0.25) is 0 Å². The lowest BCUT2D eigenvalue weighted by molar-refractivity contribution is 0.759. The van der Waals surface area contributed by atoms with E-state index >= 15 is 0 Å². The Kier molecular flexibility index (Phi) is 2.07. The summed E-state index contributed by atoms with van der Waals surface area (Å²) in [6.07, 6.45) is 1.36. The molecule has 2 saturated heterocycles. The molecule has 0 aromatic carbocycles. The molecule has 1 aromatic heterocycles. The number of anilines is 1. The lowest BCUT2D eigenvalue weighted by Crippen LogP contribution is -2.33. The maximum absolute atomic E-state index is 4.46. The SMILES string of the molecule is Brc1csc(N2CC3CC2CS3)n1. The summed E-state index contributed by atoms with van der Waals surface area (Å²) in [7, 11) is 0. The second-order valence-corrected chi connectivity index (χ2v) is 6.43. The molecule has 0 amide bonds. The summed E-state index contributed by atoms with van der Waals surface area (Å²) in [5.74, 6) is 1.29. The van der Waals surface area contributed by atoms with Crippen molar-refractivity contribution in [1.29, 1.82) is 0 Å². The van der Waals surface area contributed by atoms with Crippen LogP contribution < -0.4 is 4.90 Å². The number of fused-ring (bicyclic) bond motifs is 2. The largest absolute Gasteiger partial charge is 0.343 e. The van der Waals surface area contributed by atoms with Crippen molar-refractivity contribution in [1.82, 2.24) is 4.98 Å². The summed E-state index contributed by atoms with van der Waals surface area (Å²) >= 11 is 7.27. The van der Waals surface area contributed by atoms with Crippen molar-refractivity contribution in [3.05, 3.63) is 9.98 Å². The highest BCUT2D eigenvalue weighted by Gasteiger charge is 2.39. The normalized spacial score (nSPS) is 31.6. The first-order valence-corrected chi connectivity index (χ1v) is 7.04. The Labute approximate surface area is 93.9 Å². The molecule has 1 aromatic rings. The van der Waals surface area contributed by atoms with Crippen LogP contribution in [0.5, 0.6) is 0 Å². The van der Waals surface area contributed by atoms with Gasteiger partial charge in [-0.1, -0.05) is 0 Å². The minimum Gasteiger partial charge on any atom is -0.343 e. The fraction of sp³-hybridized carbons (Fsp3) is 0.625. The number of thioether (sulfide) groups is 1. The first-order valence-electron chi connectivity index (χ1n) is 4.32. The average Bonchev–Trinajstić information content (AvgIpc) is 2.77. The summed E-state index contributed by atoms with van der Waals surface area (Å²) in [4.78, 5) is 6.93. The second kappa shape index (κ2) is 3.14. The van der Waals surface area contributed by atoms with Crippen molar-refractivity contribution in [2.75, 3.05) is 17.2 Å². The Hall–Kier alpha value is 0.260. The highest BCUT2D eigenvalue weighted by molar-refractivity contribution is 9.10. The third kappa shape index (κ3) is 1.41. The highest BCUT2D eigenvalue weighted by Crippen LogP contribution is 2.41. The van der Waals surface area contributed by atoms with Crippen LogP contribution in [0.4, 0.5) is 5.13 Å². The third-order valence-corrected chi connectivity index (χ3v) is 5.59. The molecule has 13 heavy (non-hydrogen) atoms. The lowest BCUT2D eigenvalue weighted by atomic mass is 10.2. The van der Waals surface area contributed by atoms with Gasteiger partial charge < -0.3 is 4.90 Å². The molecule has 2 aliphatic heterocycles. The van der Waals surface area contributed by atoms with Gasteiger partial charge in [-0.25, -0.2) is 4.98 Å². The number of thiazole rings is 1. The Morgan fingerprint density at radius 2 is 2.54 bits per heavy atom. The van der Waals surface area contributed by atoms with Crippen LogP contribution in [0.3, 0.4) is 0 Å². The van der Waals surface area contributed by atoms with Crippen LogP contribution in [0, 0.1) is 0 Å². The molecule has 0 radical (unpaired) electrons. The standard InChI is InChI=1S/C8H9BrN2S2/c9-7-4-13-8(10-7)11-2-6-1-5(11)3-12-6/h4-6H,1-3H2. The number of rotatable bonds is 1. The summed E-state index contributed by atoms with van der Waals surface area (Å²) < 4.78 is 0.975. The van der Waals surface area contributed by atoms with E-state index in [1.54, 1.807) is 11.3 Å². The van der Waals surface area contributed by atoms with Crippen molar-refractivity contribution < 1.29 is 0 Å². The van der Waals surface area contributed by atoms with Crippen molar-refractivity contribution in [3.63, 3.8) is 0 Å². The fourth-order valence-electron chi connectivity index (χ4n) is 2.01. The topological polar surface area (TPSA) is 16.1 Å². The first kappa shape index (κ1) is 8.56.